The van der Waals surface area contributed by atoms with Crippen molar-refractivity contribution in [1.29, 1.82) is 0 Å². The van der Waals surface area contributed by atoms with Crippen molar-refractivity contribution in [3.63, 3.8) is 0 Å². The number of rotatable bonds is 5. The number of thiazole rings is 1. The number of hydrogen-bond acceptors (Lipinski definition) is 5. The van der Waals surface area contributed by atoms with Crippen LogP contribution < -0.4 is 14.8 Å². The van der Waals surface area contributed by atoms with E-state index < -0.39 is 0 Å². The number of carbonyl (C=O) groups is 1. The van der Waals surface area contributed by atoms with Crippen molar-refractivity contribution in [2.75, 3.05) is 13.2 Å². The van der Waals surface area contributed by atoms with Gasteiger partial charge in [-0.2, -0.15) is 0 Å². The van der Waals surface area contributed by atoms with E-state index in [9.17, 15) is 4.79 Å². The first-order valence-electron chi connectivity index (χ1n) is 9.94. The van der Waals surface area contributed by atoms with Gasteiger partial charge in [0.2, 0.25) is 0 Å². The van der Waals surface area contributed by atoms with Crippen LogP contribution in [0.3, 0.4) is 0 Å². The van der Waals surface area contributed by atoms with Gasteiger partial charge in [-0.15, -0.1) is 11.3 Å². The van der Waals surface area contributed by atoms with Gasteiger partial charge in [0, 0.05) is 22.8 Å². The second-order valence-corrected chi connectivity index (χ2v) is 7.94. The van der Waals surface area contributed by atoms with Crippen molar-refractivity contribution in [2.24, 2.45) is 0 Å². The number of nitrogens with one attached hydrogen (secondary N) is 1. The maximum absolute atomic E-state index is 12.6. The van der Waals surface area contributed by atoms with Crippen LogP contribution in [0.4, 0.5) is 0 Å². The van der Waals surface area contributed by atoms with E-state index in [0.29, 0.717) is 24.6 Å². The molecule has 1 N–H and O–H groups in total. The highest BCUT2D eigenvalue weighted by molar-refractivity contribution is 7.13. The van der Waals surface area contributed by atoms with Crippen molar-refractivity contribution in [3.8, 4) is 22.2 Å². The molecule has 2 aromatic heterocycles. The molecular formula is C23H21N3O3S. The Labute approximate surface area is 178 Å². The average Bonchev–Trinajstić information content (AvgIpc) is 3.42. The highest BCUT2D eigenvalue weighted by Gasteiger charge is 2.22. The first kappa shape index (κ1) is 18.7. The second-order valence-electron chi connectivity index (χ2n) is 7.08. The fraction of sp³-hybridized carbons (Fsp3) is 0.217. The van der Waals surface area contributed by atoms with Gasteiger partial charge in [-0.3, -0.25) is 4.79 Å². The third-order valence-corrected chi connectivity index (χ3v) is 6.01. The number of amides is 1. The van der Waals surface area contributed by atoms with Crippen molar-refractivity contribution in [3.05, 3.63) is 65.7 Å². The molecule has 2 aromatic carbocycles. The predicted molar refractivity (Wildman–Crippen MR) is 117 cm³/mol. The molecule has 1 aliphatic rings. The molecule has 0 bridgehead atoms. The van der Waals surface area contributed by atoms with Crippen LogP contribution in [0.2, 0.25) is 0 Å². The third-order valence-electron chi connectivity index (χ3n) is 5.14. The fourth-order valence-electron chi connectivity index (χ4n) is 3.68. The fourth-order valence-corrected chi connectivity index (χ4v) is 4.51. The van der Waals surface area contributed by atoms with E-state index in [1.807, 2.05) is 36.4 Å². The third kappa shape index (κ3) is 3.41. The number of para-hydroxylation sites is 3. The van der Waals surface area contributed by atoms with Gasteiger partial charge in [-0.25, -0.2) is 4.98 Å². The van der Waals surface area contributed by atoms with Gasteiger partial charge >= 0.3 is 0 Å². The lowest BCUT2D eigenvalue weighted by Crippen LogP contribution is -2.40. The predicted octanol–water partition coefficient (Wildman–Crippen LogP) is 4.35. The van der Waals surface area contributed by atoms with E-state index in [0.717, 1.165) is 23.0 Å². The van der Waals surface area contributed by atoms with E-state index in [1.54, 1.807) is 5.38 Å². The van der Waals surface area contributed by atoms with Gasteiger partial charge in [0.05, 0.1) is 12.2 Å². The van der Waals surface area contributed by atoms with E-state index in [2.05, 4.69) is 40.0 Å². The van der Waals surface area contributed by atoms with Crippen LogP contribution in [0, 0.1) is 0 Å². The monoisotopic (exact) mass is 419 g/mol. The Morgan fingerprint density at radius 2 is 2.00 bits per heavy atom. The summed E-state index contributed by atoms with van der Waals surface area (Å²) < 4.78 is 13.8. The largest absolute Gasteiger partial charge is 0.486 e. The van der Waals surface area contributed by atoms with Crippen molar-refractivity contribution in [1.82, 2.24) is 14.9 Å². The Hall–Kier alpha value is -3.32. The van der Waals surface area contributed by atoms with Crippen LogP contribution in [0.1, 0.15) is 17.4 Å². The second kappa shape index (κ2) is 7.84. The van der Waals surface area contributed by atoms with Gasteiger partial charge < -0.3 is 19.4 Å². The molecule has 4 aromatic rings. The summed E-state index contributed by atoms with van der Waals surface area (Å²) >= 11 is 1.48. The Kier molecular flexibility index (Phi) is 4.88. The molecule has 0 saturated heterocycles. The Morgan fingerprint density at radius 1 is 1.20 bits per heavy atom. The van der Waals surface area contributed by atoms with Gasteiger partial charge in [0.1, 0.15) is 23.4 Å². The summed E-state index contributed by atoms with van der Waals surface area (Å²) in [6.07, 6.45) is -0.232. The Bertz CT molecular complexity index is 1210. The number of aryl methyl sites for hydroxylation is 1. The summed E-state index contributed by atoms with van der Waals surface area (Å²) in [5.74, 6) is 1.22. The van der Waals surface area contributed by atoms with E-state index in [-0.39, 0.29) is 12.0 Å². The van der Waals surface area contributed by atoms with E-state index in [4.69, 9.17) is 9.47 Å². The summed E-state index contributed by atoms with van der Waals surface area (Å²) in [6.45, 7) is 3.71. The Morgan fingerprint density at radius 3 is 2.87 bits per heavy atom. The number of benzene rings is 2. The molecule has 1 aliphatic heterocycles. The van der Waals surface area contributed by atoms with Crippen LogP contribution >= 0.6 is 11.3 Å². The lowest BCUT2D eigenvalue weighted by atomic mass is 10.2. The molecule has 7 heteroatoms. The molecule has 0 fully saturated rings. The summed E-state index contributed by atoms with van der Waals surface area (Å²) in [6, 6.07) is 17.9. The van der Waals surface area contributed by atoms with E-state index in [1.165, 1.54) is 22.2 Å². The first-order valence-corrected chi connectivity index (χ1v) is 10.8. The highest BCUT2D eigenvalue weighted by Crippen LogP contribution is 2.31. The van der Waals surface area contributed by atoms with Crippen LogP contribution in [-0.2, 0) is 6.54 Å². The van der Waals surface area contributed by atoms with Crippen molar-refractivity contribution >= 4 is 28.1 Å². The SMILES string of the molecule is CCn1c(-c2nc(C(=O)NCC3COc4ccccc4O3)cs2)cc2ccccc21. The minimum Gasteiger partial charge on any atom is -0.486 e. The summed E-state index contributed by atoms with van der Waals surface area (Å²) in [5, 5.41) is 6.72. The molecule has 5 rings (SSSR count). The van der Waals surface area contributed by atoms with Crippen LogP contribution in [0.5, 0.6) is 11.5 Å². The Balaban J connectivity index is 1.29. The molecule has 0 spiro atoms. The maximum Gasteiger partial charge on any atom is 0.270 e. The summed E-state index contributed by atoms with van der Waals surface area (Å²) in [4.78, 5) is 17.2. The first-order chi connectivity index (χ1) is 14.7. The normalized spacial score (nSPS) is 15.3. The van der Waals surface area contributed by atoms with Crippen molar-refractivity contribution in [2.45, 2.75) is 19.6 Å². The van der Waals surface area contributed by atoms with Gasteiger partial charge in [0.25, 0.3) is 5.91 Å². The number of nitrogens with zero attached hydrogens (tertiary/aromatic N) is 2. The standard InChI is InChI=1S/C23H21N3O3S/c1-2-26-18-8-4-3-7-15(18)11-19(26)23-25-17(14-30-23)22(27)24-12-16-13-28-20-9-5-6-10-21(20)29-16/h3-11,14,16H,2,12-13H2,1H3,(H,24,27). The zero-order valence-corrected chi connectivity index (χ0v) is 17.3. The molecular weight excluding hydrogens is 398 g/mol. The molecule has 1 atom stereocenters. The number of carbonyl (C=O) groups excluding carboxylic acids is 1. The molecule has 6 nitrogen and oxygen atoms in total. The summed E-state index contributed by atoms with van der Waals surface area (Å²) in [7, 11) is 0. The lowest BCUT2D eigenvalue weighted by molar-refractivity contribution is 0.0787. The van der Waals surface area contributed by atoms with Crippen molar-refractivity contribution < 1.29 is 14.3 Å². The minimum atomic E-state index is -0.232. The highest BCUT2D eigenvalue weighted by atomic mass is 32.1. The number of fused-ring (bicyclic) bond motifs is 2. The van der Waals surface area contributed by atoms with Gasteiger partial charge in [-0.1, -0.05) is 30.3 Å². The topological polar surface area (TPSA) is 65.4 Å². The molecule has 3 heterocycles. The zero-order chi connectivity index (χ0) is 20.5. The van der Waals surface area contributed by atoms with Gasteiger partial charge in [0.15, 0.2) is 11.5 Å². The van der Waals surface area contributed by atoms with Crippen LogP contribution in [0.15, 0.2) is 60.0 Å². The van der Waals surface area contributed by atoms with E-state index >= 15 is 0 Å². The molecule has 0 aliphatic carbocycles. The number of hydrogen-bond donors (Lipinski definition) is 1. The van der Waals surface area contributed by atoms with Gasteiger partial charge in [-0.05, 0) is 31.2 Å². The average molecular weight is 420 g/mol. The molecule has 152 valence electrons. The lowest BCUT2D eigenvalue weighted by Gasteiger charge is -2.26. The molecule has 1 amide bonds. The molecule has 30 heavy (non-hydrogen) atoms. The zero-order valence-electron chi connectivity index (χ0n) is 16.5. The number of aromatic nitrogens is 2. The maximum atomic E-state index is 12.6. The summed E-state index contributed by atoms with van der Waals surface area (Å²) in [5.41, 5.74) is 2.62. The number of ether oxygens (including phenoxy) is 2. The smallest absolute Gasteiger partial charge is 0.270 e. The molecule has 1 unspecified atom stereocenters. The minimum absolute atomic E-state index is 0.209. The molecule has 0 radical (unpaired) electrons. The van der Waals surface area contributed by atoms with Crippen LogP contribution in [0.25, 0.3) is 21.6 Å². The molecule has 0 saturated carbocycles. The quantitative estimate of drug-likeness (QED) is 0.522. The van der Waals surface area contributed by atoms with Crippen LogP contribution in [-0.4, -0.2) is 34.7 Å².